The summed E-state index contributed by atoms with van der Waals surface area (Å²) in [6.07, 6.45) is 3.50. The zero-order chi connectivity index (χ0) is 24.1. The number of carbonyl (C=O) groups excluding carboxylic acids is 2. The van der Waals surface area contributed by atoms with Crippen LogP contribution in [-0.2, 0) is 14.3 Å². The molecule has 0 radical (unpaired) electrons. The largest absolute Gasteiger partial charge is 0.480 e. The van der Waals surface area contributed by atoms with Gasteiger partial charge in [0.25, 0.3) is 0 Å². The highest BCUT2D eigenvalue weighted by atomic mass is 16.5. The summed E-state index contributed by atoms with van der Waals surface area (Å²) in [6, 6.07) is 15.9. The lowest BCUT2D eigenvalue weighted by Crippen LogP contribution is -2.59. The van der Waals surface area contributed by atoms with Gasteiger partial charge < -0.3 is 20.5 Å². The third-order valence-electron chi connectivity index (χ3n) is 7.00. The van der Waals surface area contributed by atoms with Crippen LogP contribution in [0.3, 0.4) is 0 Å². The van der Waals surface area contributed by atoms with E-state index in [4.69, 9.17) is 4.74 Å². The maximum Gasteiger partial charge on any atom is 0.407 e. The standard InChI is InChI=1S/C27H32N2O5/c1-2-3-9-18(16-24(30)29-27(25(31)32)14-8-15-27)28-26(33)34-17-23-21-12-6-4-10-19(21)20-11-5-7-13-22(20)23/h4-7,10-13,18,23H,2-3,8-9,14-17H2,1H3,(H,28,33)(H,29,30)(H,31,32)/t18-/m0/s1. The smallest absolute Gasteiger partial charge is 0.407 e. The quantitative estimate of drug-likeness (QED) is 0.477. The van der Waals surface area contributed by atoms with Gasteiger partial charge in [0.2, 0.25) is 5.91 Å². The number of nitrogens with one attached hydrogen (secondary N) is 2. The molecule has 0 aliphatic heterocycles. The fraction of sp³-hybridized carbons (Fsp3) is 0.444. The van der Waals surface area contributed by atoms with Crippen molar-refractivity contribution in [1.29, 1.82) is 0 Å². The summed E-state index contributed by atoms with van der Waals surface area (Å²) >= 11 is 0. The van der Waals surface area contributed by atoms with E-state index in [2.05, 4.69) is 34.9 Å². The molecule has 0 aromatic heterocycles. The Bertz CT molecular complexity index is 1020. The number of amides is 2. The number of ether oxygens (including phenoxy) is 1. The molecule has 2 aromatic rings. The van der Waals surface area contributed by atoms with Crippen LogP contribution in [-0.4, -0.2) is 41.3 Å². The van der Waals surface area contributed by atoms with Crippen molar-refractivity contribution in [2.45, 2.75) is 69.4 Å². The summed E-state index contributed by atoms with van der Waals surface area (Å²) in [7, 11) is 0. The van der Waals surface area contributed by atoms with Gasteiger partial charge in [-0.15, -0.1) is 0 Å². The van der Waals surface area contributed by atoms with E-state index in [9.17, 15) is 19.5 Å². The van der Waals surface area contributed by atoms with Gasteiger partial charge in [-0.25, -0.2) is 9.59 Å². The van der Waals surface area contributed by atoms with E-state index in [1.54, 1.807) is 0 Å². The highest BCUT2D eigenvalue weighted by Gasteiger charge is 2.45. The number of hydrogen-bond acceptors (Lipinski definition) is 4. The fourth-order valence-electron chi connectivity index (χ4n) is 4.95. The topological polar surface area (TPSA) is 105 Å². The first kappa shape index (κ1) is 23.8. The molecule has 2 aliphatic rings. The molecule has 2 amide bonds. The van der Waals surface area contributed by atoms with Gasteiger partial charge in [0.05, 0.1) is 0 Å². The molecule has 4 rings (SSSR count). The third-order valence-corrected chi connectivity index (χ3v) is 7.00. The molecule has 3 N–H and O–H groups in total. The first-order chi connectivity index (χ1) is 16.4. The van der Waals surface area contributed by atoms with Crippen LogP contribution in [0.25, 0.3) is 11.1 Å². The maximum atomic E-state index is 12.7. The number of carbonyl (C=O) groups is 3. The molecule has 0 heterocycles. The van der Waals surface area contributed by atoms with Gasteiger partial charge in [-0.2, -0.15) is 0 Å². The summed E-state index contributed by atoms with van der Waals surface area (Å²) < 4.78 is 5.63. The van der Waals surface area contributed by atoms with Crippen molar-refractivity contribution in [3.63, 3.8) is 0 Å². The molecule has 0 unspecified atom stereocenters. The number of benzene rings is 2. The summed E-state index contributed by atoms with van der Waals surface area (Å²) in [6.45, 7) is 2.24. The SMILES string of the molecule is CCCC[C@@H](CC(=O)NC1(C(=O)O)CCC1)NC(=O)OCC1c2ccccc2-c2ccccc21. The Morgan fingerprint density at radius 2 is 1.68 bits per heavy atom. The Hall–Kier alpha value is -3.35. The van der Waals surface area contributed by atoms with E-state index in [1.807, 2.05) is 31.2 Å². The van der Waals surface area contributed by atoms with Crippen LogP contribution >= 0.6 is 0 Å². The van der Waals surface area contributed by atoms with Gasteiger partial charge >= 0.3 is 12.1 Å². The van der Waals surface area contributed by atoms with Crippen LogP contribution in [0.1, 0.15) is 68.9 Å². The van der Waals surface area contributed by atoms with E-state index in [0.717, 1.165) is 41.5 Å². The lowest BCUT2D eigenvalue weighted by atomic mass is 9.76. The number of unbranched alkanes of at least 4 members (excludes halogenated alkanes) is 1. The predicted octanol–water partition coefficient (Wildman–Crippen LogP) is 4.60. The van der Waals surface area contributed by atoms with Crippen molar-refractivity contribution < 1.29 is 24.2 Å². The third kappa shape index (κ3) is 4.93. The maximum absolute atomic E-state index is 12.7. The van der Waals surface area contributed by atoms with E-state index < -0.39 is 23.6 Å². The minimum Gasteiger partial charge on any atom is -0.480 e. The molecule has 7 nitrogen and oxygen atoms in total. The van der Waals surface area contributed by atoms with Crippen molar-refractivity contribution >= 4 is 18.0 Å². The average Bonchev–Trinajstić information content (AvgIpc) is 3.12. The predicted molar refractivity (Wildman–Crippen MR) is 128 cm³/mol. The zero-order valence-corrected chi connectivity index (χ0v) is 19.5. The Labute approximate surface area is 199 Å². The summed E-state index contributed by atoms with van der Waals surface area (Å²) in [5.74, 6) is -1.39. The molecule has 0 saturated heterocycles. The minimum absolute atomic E-state index is 0.0270. The molecule has 180 valence electrons. The Morgan fingerprint density at radius 3 is 2.21 bits per heavy atom. The lowest BCUT2D eigenvalue weighted by molar-refractivity contribution is -0.151. The zero-order valence-electron chi connectivity index (χ0n) is 19.5. The lowest BCUT2D eigenvalue weighted by Gasteiger charge is -2.38. The number of fused-ring (bicyclic) bond motifs is 3. The first-order valence-corrected chi connectivity index (χ1v) is 12.1. The molecule has 7 heteroatoms. The van der Waals surface area contributed by atoms with Crippen molar-refractivity contribution in [2.75, 3.05) is 6.61 Å². The van der Waals surface area contributed by atoms with E-state index >= 15 is 0 Å². The number of carboxylic acid groups (broad SMARTS) is 1. The summed E-state index contributed by atoms with van der Waals surface area (Å²) in [5.41, 5.74) is 3.44. The van der Waals surface area contributed by atoms with Crippen LogP contribution < -0.4 is 10.6 Å². The molecule has 1 saturated carbocycles. The Morgan fingerprint density at radius 1 is 1.06 bits per heavy atom. The molecular formula is C27H32N2O5. The number of aliphatic carboxylic acids is 1. The molecule has 2 aliphatic carbocycles. The molecule has 2 aromatic carbocycles. The molecular weight excluding hydrogens is 432 g/mol. The number of hydrogen-bond donors (Lipinski definition) is 3. The Balaban J connectivity index is 1.36. The molecule has 0 bridgehead atoms. The fourth-order valence-corrected chi connectivity index (χ4v) is 4.95. The molecule has 1 fully saturated rings. The van der Waals surface area contributed by atoms with Crippen molar-refractivity contribution in [3.05, 3.63) is 59.7 Å². The monoisotopic (exact) mass is 464 g/mol. The number of carboxylic acids is 1. The van der Waals surface area contributed by atoms with Gasteiger partial charge in [-0.3, -0.25) is 4.79 Å². The average molecular weight is 465 g/mol. The van der Waals surface area contributed by atoms with Crippen molar-refractivity contribution in [3.8, 4) is 11.1 Å². The first-order valence-electron chi connectivity index (χ1n) is 12.1. The summed E-state index contributed by atoms with van der Waals surface area (Å²) in [5, 5.41) is 15.0. The number of alkyl carbamates (subject to hydrolysis) is 1. The van der Waals surface area contributed by atoms with Crippen LogP contribution in [0.2, 0.25) is 0 Å². The second-order valence-corrected chi connectivity index (χ2v) is 9.30. The van der Waals surface area contributed by atoms with Gasteiger partial charge in [0.15, 0.2) is 0 Å². The molecule has 1 atom stereocenters. The van der Waals surface area contributed by atoms with Gasteiger partial charge in [0.1, 0.15) is 12.1 Å². The van der Waals surface area contributed by atoms with E-state index in [-0.39, 0.29) is 24.9 Å². The van der Waals surface area contributed by atoms with Crippen LogP contribution in [0.15, 0.2) is 48.5 Å². The van der Waals surface area contributed by atoms with E-state index in [0.29, 0.717) is 19.3 Å². The normalized spacial score (nSPS) is 16.5. The van der Waals surface area contributed by atoms with Crippen molar-refractivity contribution in [2.24, 2.45) is 0 Å². The number of rotatable bonds is 10. The van der Waals surface area contributed by atoms with Gasteiger partial charge in [-0.05, 0) is 47.9 Å². The van der Waals surface area contributed by atoms with Gasteiger partial charge in [-0.1, -0.05) is 68.3 Å². The van der Waals surface area contributed by atoms with Crippen molar-refractivity contribution in [1.82, 2.24) is 10.6 Å². The van der Waals surface area contributed by atoms with E-state index in [1.165, 1.54) is 0 Å². The van der Waals surface area contributed by atoms with Gasteiger partial charge in [0, 0.05) is 18.4 Å². The highest BCUT2D eigenvalue weighted by Crippen LogP contribution is 2.44. The summed E-state index contributed by atoms with van der Waals surface area (Å²) in [4.78, 5) is 36.8. The molecule has 34 heavy (non-hydrogen) atoms. The van der Waals surface area contributed by atoms with Crippen LogP contribution in [0.5, 0.6) is 0 Å². The second-order valence-electron chi connectivity index (χ2n) is 9.30. The second kappa shape index (κ2) is 10.3. The molecule has 0 spiro atoms. The van der Waals surface area contributed by atoms with Crippen LogP contribution in [0.4, 0.5) is 4.79 Å². The highest BCUT2D eigenvalue weighted by molar-refractivity contribution is 5.88. The van der Waals surface area contributed by atoms with Crippen LogP contribution in [0, 0.1) is 0 Å². The Kier molecular flexibility index (Phi) is 7.20. The minimum atomic E-state index is -1.16.